The highest BCUT2D eigenvalue weighted by molar-refractivity contribution is 7.92. The third-order valence-electron chi connectivity index (χ3n) is 3.94. The van der Waals surface area contributed by atoms with Crippen LogP contribution in [0.2, 0.25) is 15.1 Å². The molecule has 0 spiro atoms. The van der Waals surface area contributed by atoms with Crippen molar-refractivity contribution >= 4 is 68.1 Å². The first kappa shape index (κ1) is 22.8. The molecule has 0 unspecified atom stereocenters. The minimum Gasteiger partial charge on any atom is -0.280 e. The van der Waals surface area contributed by atoms with Gasteiger partial charge in [-0.25, -0.2) is 8.42 Å². The highest BCUT2D eigenvalue weighted by atomic mass is 35.5. The zero-order valence-corrected chi connectivity index (χ0v) is 18.5. The molecule has 0 heterocycles. The van der Waals surface area contributed by atoms with Crippen molar-refractivity contribution in [3.8, 4) is 0 Å². The van der Waals surface area contributed by atoms with E-state index in [9.17, 15) is 18.5 Å². The van der Waals surface area contributed by atoms with Crippen LogP contribution in [0.1, 0.15) is 5.56 Å². The van der Waals surface area contributed by atoms with Gasteiger partial charge in [-0.2, -0.15) is 5.10 Å². The maximum atomic E-state index is 12.9. The smallest absolute Gasteiger partial charge is 0.270 e. The lowest BCUT2D eigenvalue weighted by Gasteiger charge is -2.12. The lowest BCUT2D eigenvalue weighted by atomic mass is 10.2. The zero-order chi connectivity index (χ0) is 22.6. The van der Waals surface area contributed by atoms with E-state index in [1.165, 1.54) is 36.5 Å². The molecule has 160 valence electrons. The van der Waals surface area contributed by atoms with Crippen LogP contribution in [0.25, 0.3) is 0 Å². The Hall–Kier alpha value is -2.85. The summed E-state index contributed by atoms with van der Waals surface area (Å²) in [5.74, 6) is 0. The standard InChI is InChI=1S/C19H13Cl3N4O4S/c20-12-4-6-13(7-5-12)25-31(29,30)19-10-14(26(27)28)8-9-18(19)24-23-11-15-16(21)2-1-3-17(15)22/h1-11,24-25H/b23-11+. The third kappa shape index (κ3) is 5.65. The number of nitro benzene ring substituents is 1. The Morgan fingerprint density at radius 1 is 0.968 bits per heavy atom. The van der Waals surface area contributed by atoms with Crippen molar-refractivity contribution < 1.29 is 13.3 Å². The van der Waals surface area contributed by atoms with Gasteiger partial charge < -0.3 is 0 Å². The molecule has 3 aromatic rings. The van der Waals surface area contributed by atoms with Gasteiger partial charge in [-0.1, -0.05) is 40.9 Å². The lowest BCUT2D eigenvalue weighted by Crippen LogP contribution is -2.15. The highest BCUT2D eigenvalue weighted by Crippen LogP contribution is 2.29. The number of nitrogens with one attached hydrogen (secondary N) is 2. The molecule has 8 nitrogen and oxygen atoms in total. The predicted molar refractivity (Wildman–Crippen MR) is 123 cm³/mol. The topological polar surface area (TPSA) is 114 Å². The summed E-state index contributed by atoms with van der Waals surface area (Å²) in [6.07, 6.45) is 1.31. The lowest BCUT2D eigenvalue weighted by molar-refractivity contribution is -0.385. The number of hydrazone groups is 1. The molecule has 2 N–H and O–H groups in total. The van der Waals surface area contributed by atoms with Gasteiger partial charge in [-0.05, 0) is 42.5 Å². The molecule has 3 aromatic carbocycles. The van der Waals surface area contributed by atoms with E-state index in [4.69, 9.17) is 34.8 Å². The summed E-state index contributed by atoms with van der Waals surface area (Å²) < 4.78 is 28.2. The molecule has 0 radical (unpaired) electrons. The van der Waals surface area contributed by atoms with Crippen LogP contribution in [-0.2, 0) is 10.0 Å². The average Bonchev–Trinajstić information content (AvgIpc) is 2.71. The van der Waals surface area contributed by atoms with Gasteiger partial charge in [0.1, 0.15) is 4.90 Å². The first-order valence-electron chi connectivity index (χ1n) is 8.47. The van der Waals surface area contributed by atoms with Gasteiger partial charge in [0.15, 0.2) is 0 Å². The fourth-order valence-electron chi connectivity index (χ4n) is 2.47. The van der Waals surface area contributed by atoms with Crippen LogP contribution in [0, 0.1) is 10.1 Å². The van der Waals surface area contributed by atoms with Gasteiger partial charge in [-0.3, -0.25) is 20.3 Å². The van der Waals surface area contributed by atoms with Crippen molar-refractivity contribution in [3.63, 3.8) is 0 Å². The molecular weight excluding hydrogens is 487 g/mol. The molecule has 0 saturated carbocycles. The van der Waals surface area contributed by atoms with Gasteiger partial charge in [0.25, 0.3) is 15.7 Å². The summed E-state index contributed by atoms with van der Waals surface area (Å²) in [7, 11) is -4.21. The summed E-state index contributed by atoms with van der Waals surface area (Å²) >= 11 is 18.0. The Morgan fingerprint density at radius 2 is 1.61 bits per heavy atom. The summed E-state index contributed by atoms with van der Waals surface area (Å²) in [5, 5.41) is 16.3. The number of non-ortho nitro benzene ring substituents is 1. The molecule has 0 amide bonds. The molecule has 3 rings (SSSR count). The van der Waals surface area contributed by atoms with Gasteiger partial charge in [0.2, 0.25) is 0 Å². The number of nitrogens with zero attached hydrogens (tertiary/aromatic N) is 2. The molecule has 0 atom stereocenters. The van der Waals surface area contributed by atoms with E-state index < -0.39 is 20.6 Å². The Kier molecular flexibility index (Phi) is 7.01. The van der Waals surface area contributed by atoms with Crippen molar-refractivity contribution in [1.82, 2.24) is 0 Å². The second kappa shape index (κ2) is 9.52. The fourth-order valence-corrected chi connectivity index (χ4v) is 4.32. The van der Waals surface area contributed by atoms with E-state index >= 15 is 0 Å². The molecule has 0 bridgehead atoms. The summed E-state index contributed by atoms with van der Waals surface area (Å²) in [5.41, 5.74) is 2.83. The molecule has 0 aliphatic carbocycles. The second-order valence-electron chi connectivity index (χ2n) is 6.06. The number of anilines is 2. The SMILES string of the molecule is O=[N+]([O-])c1ccc(N/N=C/c2c(Cl)cccc2Cl)c(S(=O)(=O)Nc2ccc(Cl)cc2)c1. The molecule has 0 saturated heterocycles. The van der Waals surface area contributed by atoms with E-state index in [2.05, 4.69) is 15.2 Å². The highest BCUT2D eigenvalue weighted by Gasteiger charge is 2.22. The number of rotatable bonds is 7. The largest absolute Gasteiger partial charge is 0.280 e. The second-order valence-corrected chi connectivity index (χ2v) is 8.96. The number of halogens is 3. The number of benzene rings is 3. The first-order chi connectivity index (χ1) is 14.7. The Bertz CT molecular complexity index is 1250. The van der Waals surface area contributed by atoms with Crippen LogP contribution >= 0.6 is 34.8 Å². The van der Waals surface area contributed by atoms with Crippen molar-refractivity contribution in [2.45, 2.75) is 4.90 Å². The first-order valence-corrected chi connectivity index (χ1v) is 11.1. The van der Waals surface area contributed by atoms with Gasteiger partial charge in [-0.15, -0.1) is 0 Å². The monoisotopic (exact) mass is 498 g/mol. The number of hydrogen-bond acceptors (Lipinski definition) is 6. The van der Waals surface area contributed by atoms with Crippen LogP contribution in [-0.4, -0.2) is 19.6 Å². The van der Waals surface area contributed by atoms with Crippen molar-refractivity contribution in [2.75, 3.05) is 10.1 Å². The van der Waals surface area contributed by atoms with E-state index in [0.717, 1.165) is 12.1 Å². The maximum absolute atomic E-state index is 12.9. The Labute approximate surface area is 192 Å². The predicted octanol–water partition coefficient (Wildman–Crippen LogP) is 5.80. The zero-order valence-electron chi connectivity index (χ0n) is 15.4. The molecule has 0 aromatic heterocycles. The summed E-state index contributed by atoms with van der Waals surface area (Å²) in [4.78, 5) is 10.1. The van der Waals surface area contributed by atoms with Crippen LogP contribution in [0.4, 0.5) is 17.1 Å². The fraction of sp³-hybridized carbons (Fsp3) is 0. The molecule has 0 aliphatic heterocycles. The molecule has 0 aliphatic rings. The van der Waals surface area contributed by atoms with E-state index in [1.54, 1.807) is 18.2 Å². The molecule has 12 heteroatoms. The van der Waals surface area contributed by atoms with E-state index in [0.29, 0.717) is 20.6 Å². The Balaban J connectivity index is 1.96. The molecular formula is C19H13Cl3N4O4S. The van der Waals surface area contributed by atoms with Crippen LogP contribution in [0.15, 0.2) is 70.7 Å². The third-order valence-corrected chi connectivity index (χ3v) is 6.27. The van der Waals surface area contributed by atoms with Crippen molar-refractivity contribution in [1.29, 1.82) is 0 Å². The quantitative estimate of drug-likeness (QED) is 0.242. The number of sulfonamides is 1. The minimum atomic E-state index is -4.21. The van der Waals surface area contributed by atoms with E-state index in [1.807, 2.05) is 0 Å². The van der Waals surface area contributed by atoms with Crippen molar-refractivity contribution in [3.05, 3.63) is 91.4 Å². The maximum Gasteiger partial charge on any atom is 0.270 e. The molecule has 31 heavy (non-hydrogen) atoms. The van der Waals surface area contributed by atoms with Crippen LogP contribution in [0.3, 0.4) is 0 Å². The minimum absolute atomic E-state index is 0.00601. The van der Waals surface area contributed by atoms with E-state index in [-0.39, 0.29) is 16.3 Å². The number of nitro groups is 1. The normalized spacial score (nSPS) is 11.5. The average molecular weight is 500 g/mol. The van der Waals surface area contributed by atoms with Gasteiger partial charge >= 0.3 is 0 Å². The Morgan fingerprint density at radius 3 is 2.23 bits per heavy atom. The van der Waals surface area contributed by atoms with Gasteiger partial charge in [0.05, 0.1) is 26.9 Å². The van der Waals surface area contributed by atoms with Crippen LogP contribution in [0.5, 0.6) is 0 Å². The van der Waals surface area contributed by atoms with Crippen molar-refractivity contribution in [2.24, 2.45) is 5.10 Å². The summed E-state index contributed by atoms with van der Waals surface area (Å²) in [6.45, 7) is 0. The molecule has 0 fully saturated rings. The van der Waals surface area contributed by atoms with Gasteiger partial charge in [0, 0.05) is 28.4 Å². The number of hydrogen-bond donors (Lipinski definition) is 2. The summed E-state index contributed by atoms with van der Waals surface area (Å²) in [6, 6.07) is 14.1. The van der Waals surface area contributed by atoms with Crippen LogP contribution < -0.4 is 10.1 Å².